The Kier molecular flexibility index (Phi) is 3.96. The topological polar surface area (TPSA) is 125 Å². The van der Waals surface area contributed by atoms with Gasteiger partial charge in [0.05, 0.1) is 11.3 Å². The van der Waals surface area contributed by atoms with E-state index in [0.29, 0.717) is 11.3 Å². The molecule has 124 valence electrons. The molecule has 0 aliphatic carbocycles. The molecular weight excluding hydrogens is 334 g/mol. The molecule has 8 nitrogen and oxygen atoms in total. The zero-order chi connectivity index (χ0) is 17.3. The number of amides is 2. The molecule has 1 heterocycles. The van der Waals surface area contributed by atoms with Crippen LogP contribution in [0.25, 0.3) is 0 Å². The first-order chi connectivity index (χ1) is 11.3. The van der Waals surface area contributed by atoms with Gasteiger partial charge in [-0.1, -0.05) is 0 Å². The van der Waals surface area contributed by atoms with E-state index in [2.05, 4.69) is 10.7 Å². The van der Waals surface area contributed by atoms with E-state index in [1.54, 1.807) is 0 Å². The Balaban J connectivity index is 1.72. The van der Waals surface area contributed by atoms with Crippen molar-refractivity contribution in [2.24, 2.45) is 0 Å². The van der Waals surface area contributed by atoms with Crippen LogP contribution in [-0.2, 0) is 21.2 Å². The summed E-state index contributed by atoms with van der Waals surface area (Å²) in [6.45, 7) is 0. The van der Waals surface area contributed by atoms with Crippen molar-refractivity contribution in [1.29, 1.82) is 0 Å². The molecule has 24 heavy (non-hydrogen) atoms. The lowest BCUT2D eigenvalue weighted by Gasteiger charge is -2.09. The molecule has 0 saturated carbocycles. The van der Waals surface area contributed by atoms with Crippen LogP contribution >= 0.6 is 0 Å². The monoisotopic (exact) mass is 347 g/mol. The van der Waals surface area contributed by atoms with Crippen LogP contribution < -0.4 is 15.6 Å². The predicted molar refractivity (Wildman–Crippen MR) is 84.7 cm³/mol. The molecule has 0 atom stereocenters. The number of nitrogens with one attached hydrogen (secondary N) is 3. The van der Waals surface area contributed by atoms with Gasteiger partial charge in [0.2, 0.25) is 5.91 Å². The number of carbonyl (C=O) groups is 2. The van der Waals surface area contributed by atoms with Gasteiger partial charge >= 0.3 is 0 Å². The summed E-state index contributed by atoms with van der Waals surface area (Å²) < 4.78 is 24.5. The summed E-state index contributed by atoms with van der Waals surface area (Å²) in [5.74, 6) is -0.877. The van der Waals surface area contributed by atoms with Crippen molar-refractivity contribution in [3.63, 3.8) is 0 Å². The second-order valence-electron chi connectivity index (χ2n) is 5.15. The number of hydrazine groups is 1. The minimum atomic E-state index is -3.98. The highest BCUT2D eigenvalue weighted by atomic mass is 32.2. The molecule has 0 aromatic heterocycles. The quantitative estimate of drug-likeness (QED) is 0.600. The van der Waals surface area contributed by atoms with E-state index in [-0.39, 0.29) is 28.5 Å². The number of rotatable bonds is 4. The number of phenols is 1. The molecule has 0 spiro atoms. The average molecular weight is 347 g/mol. The van der Waals surface area contributed by atoms with Crippen LogP contribution in [0.2, 0.25) is 0 Å². The van der Waals surface area contributed by atoms with E-state index in [4.69, 9.17) is 5.11 Å². The summed E-state index contributed by atoms with van der Waals surface area (Å²) in [4.78, 5) is 25.1. The zero-order valence-electron chi connectivity index (χ0n) is 12.2. The lowest BCUT2D eigenvalue weighted by atomic mass is 10.2. The molecule has 1 aliphatic heterocycles. The van der Waals surface area contributed by atoms with E-state index in [0.717, 1.165) is 0 Å². The summed E-state index contributed by atoms with van der Waals surface area (Å²) >= 11 is 0. The van der Waals surface area contributed by atoms with Gasteiger partial charge in [0, 0.05) is 11.3 Å². The Bertz CT molecular complexity index is 923. The minimum absolute atomic E-state index is 0.00608. The van der Waals surface area contributed by atoms with Crippen LogP contribution in [0.3, 0.4) is 0 Å². The smallest absolute Gasteiger partial charge is 0.266 e. The lowest BCUT2D eigenvalue weighted by Crippen LogP contribution is -2.41. The van der Waals surface area contributed by atoms with Crippen molar-refractivity contribution in [3.05, 3.63) is 53.6 Å². The number of fused-ring (bicyclic) bond motifs is 1. The number of benzene rings is 2. The lowest BCUT2D eigenvalue weighted by molar-refractivity contribution is -0.115. The van der Waals surface area contributed by atoms with Crippen molar-refractivity contribution in [2.45, 2.75) is 11.3 Å². The predicted octanol–water partition coefficient (Wildman–Crippen LogP) is 0.510. The summed E-state index contributed by atoms with van der Waals surface area (Å²) in [5, 5.41) is 11.8. The van der Waals surface area contributed by atoms with E-state index >= 15 is 0 Å². The number of carbonyl (C=O) groups excluding carboxylic acids is 2. The van der Waals surface area contributed by atoms with E-state index < -0.39 is 15.9 Å². The Labute approximate surface area is 137 Å². The van der Waals surface area contributed by atoms with Gasteiger partial charge in [0.15, 0.2) is 0 Å². The van der Waals surface area contributed by atoms with Crippen molar-refractivity contribution in [3.8, 4) is 5.75 Å². The van der Waals surface area contributed by atoms with Crippen LogP contribution in [0.4, 0.5) is 5.69 Å². The van der Waals surface area contributed by atoms with Gasteiger partial charge in [0.1, 0.15) is 5.75 Å². The van der Waals surface area contributed by atoms with Crippen LogP contribution in [0.15, 0.2) is 47.4 Å². The summed E-state index contributed by atoms with van der Waals surface area (Å²) in [5.41, 5.74) is 3.43. The van der Waals surface area contributed by atoms with Gasteiger partial charge in [-0.25, -0.2) is 8.42 Å². The first kappa shape index (κ1) is 16.0. The molecular formula is C15H13N3O5S. The highest BCUT2D eigenvalue weighted by molar-refractivity contribution is 7.89. The number of sulfonamides is 1. The van der Waals surface area contributed by atoms with Gasteiger partial charge < -0.3 is 10.4 Å². The number of anilines is 1. The number of hydrogen-bond acceptors (Lipinski definition) is 5. The van der Waals surface area contributed by atoms with Gasteiger partial charge in [-0.05, 0) is 48.0 Å². The Morgan fingerprint density at radius 2 is 1.83 bits per heavy atom. The van der Waals surface area contributed by atoms with E-state index in [9.17, 15) is 18.0 Å². The van der Waals surface area contributed by atoms with E-state index in [1.165, 1.54) is 42.5 Å². The molecule has 0 saturated heterocycles. The molecule has 2 aromatic rings. The van der Waals surface area contributed by atoms with Crippen LogP contribution in [0.5, 0.6) is 5.75 Å². The Hall–Kier alpha value is -2.91. The molecule has 3 rings (SSSR count). The fraction of sp³-hybridized carbons (Fsp3) is 0.0667. The molecule has 2 amide bonds. The molecule has 0 fully saturated rings. The van der Waals surface area contributed by atoms with Crippen molar-refractivity contribution < 1.29 is 23.1 Å². The molecule has 0 radical (unpaired) electrons. The number of phenolic OH excluding ortho intramolecular Hbond substituents is 1. The average Bonchev–Trinajstić information content (AvgIpc) is 2.92. The third kappa shape index (κ3) is 3.21. The third-order valence-electron chi connectivity index (χ3n) is 3.44. The molecule has 0 unspecified atom stereocenters. The maximum Gasteiger partial charge on any atom is 0.266 e. The van der Waals surface area contributed by atoms with Gasteiger partial charge in [-0.15, -0.1) is 4.83 Å². The zero-order valence-corrected chi connectivity index (χ0v) is 13.1. The maximum absolute atomic E-state index is 12.2. The molecule has 2 aromatic carbocycles. The summed E-state index contributed by atoms with van der Waals surface area (Å²) in [7, 11) is -3.98. The fourth-order valence-corrected chi connectivity index (χ4v) is 3.12. The number of hydrogen-bond donors (Lipinski definition) is 4. The highest BCUT2D eigenvalue weighted by Gasteiger charge is 2.22. The van der Waals surface area contributed by atoms with Gasteiger partial charge in [-0.3, -0.25) is 15.0 Å². The van der Waals surface area contributed by atoms with Crippen LogP contribution in [0.1, 0.15) is 15.9 Å². The first-order valence-corrected chi connectivity index (χ1v) is 8.37. The fourth-order valence-electron chi connectivity index (χ4n) is 2.23. The third-order valence-corrected chi connectivity index (χ3v) is 4.69. The molecule has 9 heteroatoms. The normalized spacial score (nSPS) is 13.2. The van der Waals surface area contributed by atoms with Gasteiger partial charge in [-0.2, -0.15) is 0 Å². The summed E-state index contributed by atoms with van der Waals surface area (Å²) in [6.07, 6.45) is 0.110. The second kappa shape index (κ2) is 5.95. The second-order valence-corrected chi connectivity index (χ2v) is 6.83. The van der Waals surface area contributed by atoms with Gasteiger partial charge in [0.25, 0.3) is 15.9 Å². The van der Waals surface area contributed by atoms with E-state index in [1.807, 2.05) is 4.83 Å². The summed E-state index contributed by atoms with van der Waals surface area (Å²) in [6, 6.07) is 9.54. The van der Waals surface area contributed by atoms with Crippen LogP contribution in [0, 0.1) is 0 Å². The van der Waals surface area contributed by atoms with Crippen molar-refractivity contribution in [1.82, 2.24) is 10.3 Å². The van der Waals surface area contributed by atoms with Crippen molar-refractivity contribution in [2.75, 3.05) is 5.32 Å². The standard InChI is InChI=1S/C15H13N3O5S/c19-11-3-1-9(2-4-11)15(21)17-18-24(22,23)12-5-6-13-10(7-12)8-14(20)16-13/h1-7,18-19H,8H2,(H,16,20)(H,17,21). The minimum Gasteiger partial charge on any atom is -0.508 e. The first-order valence-electron chi connectivity index (χ1n) is 6.89. The maximum atomic E-state index is 12.2. The molecule has 1 aliphatic rings. The number of aromatic hydroxyl groups is 1. The Morgan fingerprint density at radius 1 is 1.12 bits per heavy atom. The van der Waals surface area contributed by atoms with Crippen molar-refractivity contribution >= 4 is 27.5 Å². The molecule has 4 N–H and O–H groups in total. The SMILES string of the molecule is O=C1Cc2cc(S(=O)(=O)NNC(=O)c3ccc(O)cc3)ccc2N1. The highest BCUT2D eigenvalue weighted by Crippen LogP contribution is 2.25. The molecule has 0 bridgehead atoms. The Morgan fingerprint density at radius 3 is 2.54 bits per heavy atom. The largest absolute Gasteiger partial charge is 0.508 e. The van der Waals surface area contributed by atoms with Crippen LogP contribution in [-0.4, -0.2) is 25.3 Å².